The Morgan fingerprint density at radius 1 is 1.00 bits per heavy atom. The average Bonchev–Trinajstić information content (AvgIpc) is 3.42. The Labute approximate surface area is 179 Å². The molecule has 3 aromatic carbocycles. The minimum Gasteiger partial charge on any atom is -0.436 e. The van der Waals surface area contributed by atoms with Gasteiger partial charge in [0.15, 0.2) is 5.58 Å². The molecule has 6 heteroatoms. The zero-order chi connectivity index (χ0) is 21.2. The van der Waals surface area contributed by atoms with Gasteiger partial charge in [0, 0.05) is 17.4 Å². The highest BCUT2D eigenvalue weighted by atomic mass is 16.3. The van der Waals surface area contributed by atoms with E-state index in [-0.39, 0.29) is 5.91 Å². The van der Waals surface area contributed by atoms with Gasteiger partial charge < -0.3 is 9.73 Å². The molecule has 31 heavy (non-hydrogen) atoms. The van der Waals surface area contributed by atoms with Crippen LogP contribution in [0.25, 0.3) is 33.8 Å². The fourth-order valence-corrected chi connectivity index (χ4v) is 3.47. The van der Waals surface area contributed by atoms with Crippen molar-refractivity contribution >= 4 is 22.7 Å². The van der Waals surface area contributed by atoms with Crippen LogP contribution >= 0.6 is 0 Å². The summed E-state index contributed by atoms with van der Waals surface area (Å²) in [6.07, 6.45) is 2.11. The molecule has 6 nitrogen and oxygen atoms in total. The number of amides is 1. The second-order valence-electron chi connectivity index (χ2n) is 7.42. The van der Waals surface area contributed by atoms with E-state index in [2.05, 4.69) is 20.5 Å². The second kappa shape index (κ2) is 7.91. The number of hydrogen-bond acceptors (Lipinski definition) is 4. The topological polar surface area (TPSA) is 83.8 Å². The Hall–Kier alpha value is -4.19. The summed E-state index contributed by atoms with van der Waals surface area (Å²) in [5.74, 6) is 0.462. The van der Waals surface area contributed by atoms with Crippen LogP contribution in [-0.2, 0) is 11.2 Å². The Balaban J connectivity index is 1.33. The monoisotopic (exact) mass is 408 g/mol. The van der Waals surface area contributed by atoms with Crippen molar-refractivity contribution < 1.29 is 9.21 Å². The number of H-pyrrole nitrogens is 1. The molecular formula is C25H20N4O2. The van der Waals surface area contributed by atoms with Gasteiger partial charge in [-0.1, -0.05) is 54.1 Å². The normalized spacial score (nSPS) is 11.0. The van der Waals surface area contributed by atoms with Crippen molar-refractivity contribution in [2.45, 2.75) is 13.3 Å². The van der Waals surface area contributed by atoms with Crippen molar-refractivity contribution in [3.8, 4) is 22.7 Å². The van der Waals surface area contributed by atoms with Crippen LogP contribution in [-0.4, -0.2) is 21.1 Å². The summed E-state index contributed by atoms with van der Waals surface area (Å²) in [6.45, 7) is 2.03. The van der Waals surface area contributed by atoms with Crippen LogP contribution < -0.4 is 5.32 Å². The first-order chi connectivity index (χ1) is 15.2. The Bertz CT molecular complexity index is 1320. The van der Waals surface area contributed by atoms with E-state index in [1.165, 1.54) is 5.56 Å². The molecule has 0 bridgehead atoms. The molecule has 0 spiro atoms. The minimum atomic E-state index is -0.0523. The molecule has 1 amide bonds. The predicted molar refractivity (Wildman–Crippen MR) is 121 cm³/mol. The first-order valence-electron chi connectivity index (χ1n) is 10.0. The van der Waals surface area contributed by atoms with Crippen LogP contribution in [0.3, 0.4) is 0 Å². The van der Waals surface area contributed by atoms with Crippen molar-refractivity contribution in [1.29, 1.82) is 0 Å². The van der Waals surface area contributed by atoms with Crippen molar-refractivity contribution in [3.63, 3.8) is 0 Å². The third-order valence-corrected chi connectivity index (χ3v) is 5.09. The zero-order valence-corrected chi connectivity index (χ0v) is 16.9. The van der Waals surface area contributed by atoms with Gasteiger partial charge in [0.05, 0.1) is 12.0 Å². The summed E-state index contributed by atoms with van der Waals surface area (Å²) in [7, 11) is 0. The van der Waals surface area contributed by atoms with Crippen molar-refractivity contribution in [1.82, 2.24) is 15.2 Å². The van der Waals surface area contributed by atoms with Gasteiger partial charge in [0.25, 0.3) is 0 Å². The Morgan fingerprint density at radius 2 is 1.77 bits per heavy atom. The van der Waals surface area contributed by atoms with E-state index >= 15 is 0 Å². The van der Waals surface area contributed by atoms with Crippen LogP contribution in [0.15, 0.2) is 83.4 Å². The highest BCUT2D eigenvalue weighted by molar-refractivity contribution is 5.92. The predicted octanol–water partition coefficient (Wildman–Crippen LogP) is 5.37. The van der Waals surface area contributed by atoms with Gasteiger partial charge in [0.2, 0.25) is 11.8 Å². The number of carbonyl (C=O) groups is 1. The van der Waals surface area contributed by atoms with E-state index in [4.69, 9.17) is 4.42 Å². The molecule has 152 valence electrons. The van der Waals surface area contributed by atoms with Crippen molar-refractivity contribution in [2.24, 2.45) is 0 Å². The van der Waals surface area contributed by atoms with Crippen molar-refractivity contribution in [3.05, 3.63) is 90.1 Å². The Kier molecular flexibility index (Phi) is 4.80. The number of aromatic amines is 1. The molecule has 0 atom stereocenters. The quantitative estimate of drug-likeness (QED) is 0.409. The average molecular weight is 408 g/mol. The zero-order valence-electron chi connectivity index (χ0n) is 16.9. The standard InChI is InChI=1S/C25H20N4O2/c1-16-6-8-17(9-7-16)14-23(30)27-19-12-10-18(11-13-19)24-20(15-26-29-24)25-28-21-4-2-3-5-22(21)31-25/h2-13,15H,14H2,1H3,(H,26,29)(H,27,30). The smallest absolute Gasteiger partial charge is 0.231 e. The van der Waals surface area contributed by atoms with E-state index < -0.39 is 0 Å². The maximum atomic E-state index is 12.4. The number of nitrogens with zero attached hydrogens (tertiary/aromatic N) is 2. The van der Waals surface area contributed by atoms with Crippen LogP contribution in [0.4, 0.5) is 5.69 Å². The third kappa shape index (κ3) is 3.96. The molecule has 2 heterocycles. The van der Waals surface area contributed by atoms with E-state index in [9.17, 15) is 4.79 Å². The minimum absolute atomic E-state index is 0.0523. The van der Waals surface area contributed by atoms with Gasteiger partial charge >= 0.3 is 0 Å². The molecule has 0 fully saturated rings. The number of rotatable bonds is 5. The highest BCUT2D eigenvalue weighted by Gasteiger charge is 2.16. The lowest BCUT2D eigenvalue weighted by Gasteiger charge is -2.07. The van der Waals surface area contributed by atoms with Gasteiger partial charge in [-0.05, 0) is 36.8 Å². The summed E-state index contributed by atoms with van der Waals surface area (Å²) in [5, 5.41) is 10.2. The number of nitrogens with one attached hydrogen (secondary N) is 2. The number of aromatic nitrogens is 3. The molecule has 0 unspecified atom stereocenters. The number of hydrogen-bond donors (Lipinski definition) is 2. The maximum Gasteiger partial charge on any atom is 0.231 e. The van der Waals surface area contributed by atoms with E-state index in [0.717, 1.165) is 39.2 Å². The summed E-state index contributed by atoms with van der Waals surface area (Å²) < 4.78 is 5.89. The largest absolute Gasteiger partial charge is 0.436 e. The summed E-state index contributed by atoms with van der Waals surface area (Å²) in [6, 6.07) is 23.2. The maximum absolute atomic E-state index is 12.4. The van der Waals surface area contributed by atoms with E-state index in [1.54, 1.807) is 6.20 Å². The summed E-state index contributed by atoms with van der Waals surface area (Å²) in [5.41, 5.74) is 6.86. The number of para-hydroxylation sites is 2. The van der Waals surface area contributed by atoms with Gasteiger partial charge in [-0.15, -0.1) is 0 Å². The number of carbonyl (C=O) groups excluding carboxylic acids is 1. The molecule has 0 aliphatic heterocycles. The lowest BCUT2D eigenvalue weighted by atomic mass is 10.1. The third-order valence-electron chi connectivity index (χ3n) is 5.09. The molecule has 0 saturated carbocycles. The fourth-order valence-electron chi connectivity index (χ4n) is 3.47. The number of oxazole rings is 1. The van der Waals surface area contributed by atoms with Gasteiger partial charge in [-0.3, -0.25) is 9.89 Å². The van der Waals surface area contributed by atoms with Gasteiger partial charge in [0.1, 0.15) is 11.2 Å². The number of aryl methyl sites for hydroxylation is 1. The first kappa shape index (κ1) is 18.8. The van der Waals surface area contributed by atoms with Crippen LogP contribution in [0.2, 0.25) is 0 Å². The molecule has 0 radical (unpaired) electrons. The first-order valence-corrected chi connectivity index (χ1v) is 10.0. The van der Waals surface area contributed by atoms with E-state index in [0.29, 0.717) is 12.3 Å². The lowest BCUT2D eigenvalue weighted by molar-refractivity contribution is -0.115. The Morgan fingerprint density at radius 3 is 2.55 bits per heavy atom. The van der Waals surface area contributed by atoms with Crippen LogP contribution in [0, 0.1) is 6.92 Å². The number of anilines is 1. The molecular weight excluding hydrogens is 388 g/mol. The van der Waals surface area contributed by atoms with E-state index in [1.807, 2.05) is 79.7 Å². The lowest BCUT2D eigenvalue weighted by Crippen LogP contribution is -2.14. The molecule has 0 aliphatic carbocycles. The molecule has 2 aromatic heterocycles. The molecule has 5 aromatic rings. The van der Waals surface area contributed by atoms with Gasteiger partial charge in [-0.2, -0.15) is 5.10 Å². The molecule has 2 N–H and O–H groups in total. The summed E-state index contributed by atoms with van der Waals surface area (Å²) >= 11 is 0. The molecule has 0 saturated heterocycles. The number of fused-ring (bicyclic) bond motifs is 1. The summed E-state index contributed by atoms with van der Waals surface area (Å²) in [4.78, 5) is 16.9. The fraction of sp³-hybridized carbons (Fsp3) is 0.0800. The number of benzene rings is 3. The van der Waals surface area contributed by atoms with Crippen LogP contribution in [0.5, 0.6) is 0 Å². The highest BCUT2D eigenvalue weighted by Crippen LogP contribution is 2.32. The van der Waals surface area contributed by atoms with Crippen molar-refractivity contribution in [2.75, 3.05) is 5.32 Å². The van der Waals surface area contributed by atoms with Gasteiger partial charge in [-0.25, -0.2) is 4.98 Å². The molecule has 0 aliphatic rings. The SMILES string of the molecule is Cc1ccc(CC(=O)Nc2ccc(-c3n[nH]cc3-c3nc4ccccc4o3)cc2)cc1. The molecule has 5 rings (SSSR count). The van der Waals surface area contributed by atoms with Crippen LogP contribution in [0.1, 0.15) is 11.1 Å². The second-order valence-corrected chi connectivity index (χ2v) is 7.42.